The first-order chi connectivity index (χ1) is 18.8. The van der Waals surface area contributed by atoms with Crippen molar-refractivity contribution >= 4 is 28.7 Å². The van der Waals surface area contributed by atoms with Crippen molar-refractivity contribution in [3.63, 3.8) is 0 Å². The average molecular weight is 522 g/mol. The van der Waals surface area contributed by atoms with Crippen molar-refractivity contribution in [3.8, 4) is 0 Å². The van der Waals surface area contributed by atoms with E-state index >= 15 is 0 Å². The fraction of sp³-hybridized carbons (Fsp3) is 0.107. The van der Waals surface area contributed by atoms with E-state index < -0.39 is 15.4 Å². The van der Waals surface area contributed by atoms with Crippen LogP contribution in [0.3, 0.4) is 0 Å². The first-order valence-corrected chi connectivity index (χ1v) is 11.9. The summed E-state index contributed by atoms with van der Waals surface area (Å²) in [5.41, 5.74) is 2.73. The number of anilines is 2. The molecule has 0 saturated carbocycles. The summed E-state index contributed by atoms with van der Waals surface area (Å²) in [5, 5.41) is 26.6. The Labute approximate surface area is 223 Å². The second-order valence-corrected chi connectivity index (χ2v) is 8.96. The molecule has 0 bridgehead atoms. The molecule has 11 heteroatoms. The summed E-state index contributed by atoms with van der Waals surface area (Å²) in [7, 11) is 0. The third-order valence-corrected chi connectivity index (χ3v) is 6.60. The number of nitrogens with zero attached hydrogens (tertiary/aromatic N) is 6. The zero-order valence-corrected chi connectivity index (χ0v) is 21.1. The van der Waals surface area contributed by atoms with Crippen LogP contribution in [0.5, 0.6) is 0 Å². The fourth-order valence-corrected chi connectivity index (χ4v) is 4.63. The van der Waals surface area contributed by atoms with Gasteiger partial charge in [0.1, 0.15) is 5.54 Å². The van der Waals surface area contributed by atoms with Gasteiger partial charge in [-0.3, -0.25) is 35.1 Å². The number of rotatable bonds is 6. The standard InChI is InChI=1S/C28H23N7O4/c1-19-7-9-23(34(36)37)15-25(19)32-27-31-14-11-28(21-5-3-12-29-17-21,22-6-4-13-30-18-22)33(27)26-16-24(35(38)39)10-8-20(26)2/h3-18H,1-2H3,(H,31,32). The van der Waals surface area contributed by atoms with E-state index in [1.165, 1.54) is 24.3 Å². The number of aryl methyl sites for hydroxylation is 2. The maximum absolute atomic E-state index is 11.8. The molecule has 0 fully saturated rings. The number of nitro groups is 2. The molecule has 2 aromatic heterocycles. The van der Waals surface area contributed by atoms with E-state index in [1.807, 2.05) is 49.1 Å². The zero-order valence-electron chi connectivity index (χ0n) is 21.1. The second kappa shape index (κ2) is 10.1. The van der Waals surface area contributed by atoms with Crippen LogP contribution in [-0.4, -0.2) is 25.8 Å². The molecule has 11 nitrogen and oxygen atoms in total. The van der Waals surface area contributed by atoms with E-state index in [0.29, 0.717) is 17.3 Å². The Hall–Kier alpha value is -5.45. The van der Waals surface area contributed by atoms with Gasteiger partial charge < -0.3 is 5.32 Å². The van der Waals surface area contributed by atoms with Crippen LogP contribution in [0, 0.1) is 34.1 Å². The molecule has 1 aliphatic heterocycles. The van der Waals surface area contributed by atoms with Crippen LogP contribution in [0.4, 0.5) is 22.7 Å². The number of pyridine rings is 2. The van der Waals surface area contributed by atoms with Gasteiger partial charge in [-0.05, 0) is 43.2 Å². The minimum atomic E-state index is -1.08. The summed E-state index contributed by atoms with van der Waals surface area (Å²) in [6.07, 6.45) is 10.3. The molecule has 2 aromatic carbocycles. The van der Waals surface area contributed by atoms with Crippen LogP contribution >= 0.6 is 0 Å². The van der Waals surface area contributed by atoms with E-state index in [0.717, 1.165) is 22.3 Å². The van der Waals surface area contributed by atoms with Crippen LogP contribution in [0.25, 0.3) is 0 Å². The summed E-state index contributed by atoms with van der Waals surface area (Å²) in [6, 6.07) is 16.6. The first kappa shape index (κ1) is 25.2. The molecule has 3 heterocycles. The zero-order chi connectivity index (χ0) is 27.6. The molecule has 5 rings (SSSR count). The predicted molar refractivity (Wildman–Crippen MR) is 148 cm³/mol. The van der Waals surface area contributed by atoms with Crippen LogP contribution in [0.1, 0.15) is 22.3 Å². The number of non-ortho nitro benzene ring substituents is 2. The smallest absolute Gasteiger partial charge is 0.271 e. The Kier molecular flexibility index (Phi) is 6.55. The number of hydrogen-bond donors (Lipinski definition) is 1. The quantitative estimate of drug-likeness (QED) is 0.253. The van der Waals surface area contributed by atoms with Crippen molar-refractivity contribution in [1.29, 1.82) is 0 Å². The van der Waals surface area contributed by atoms with Gasteiger partial charge in [-0.15, -0.1) is 0 Å². The van der Waals surface area contributed by atoms with Gasteiger partial charge in [0.25, 0.3) is 11.4 Å². The summed E-state index contributed by atoms with van der Waals surface area (Å²) in [6.45, 7) is 3.68. The first-order valence-electron chi connectivity index (χ1n) is 11.9. The monoisotopic (exact) mass is 521 g/mol. The lowest BCUT2D eigenvalue weighted by Crippen LogP contribution is -2.53. The molecule has 0 aliphatic carbocycles. The highest BCUT2D eigenvalue weighted by atomic mass is 16.6. The Morgan fingerprint density at radius 1 is 0.821 bits per heavy atom. The normalized spacial score (nSPS) is 14.0. The Morgan fingerprint density at radius 2 is 1.41 bits per heavy atom. The highest BCUT2D eigenvalue weighted by Crippen LogP contribution is 2.44. The van der Waals surface area contributed by atoms with Crippen LogP contribution in [0.15, 0.2) is 103 Å². The third-order valence-electron chi connectivity index (χ3n) is 6.60. The van der Waals surface area contributed by atoms with Crippen molar-refractivity contribution in [3.05, 3.63) is 140 Å². The third kappa shape index (κ3) is 4.57. The molecule has 0 radical (unpaired) electrons. The topological polar surface area (TPSA) is 140 Å². The van der Waals surface area contributed by atoms with Crippen LogP contribution in [0.2, 0.25) is 0 Å². The predicted octanol–water partition coefficient (Wildman–Crippen LogP) is 5.66. The molecule has 0 spiro atoms. The lowest BCUT2D eigenvalue weighted by molar-refractivity contribution is -0.385. The SMILES string of the molecule is Cc1ccc([N+](=O)[O-])cc1NC1=NC=CC(c2cccnc2)(c2cccnc2)N1c1cc([N+](=O)[O-])ccc1C. The highest BCUT2D eigenvalue weighted by Gasteiger charge is 2.44. The number of nitrogens with one attached hydrogen (secondary N) is 1. The minimum Gasteiger partial charge on any atom is -0.325 e. The fourth-order valence-electron chi connectivity index (χ4n) is 4.63. The van der Waals surface area contributed by atoms with Gasteiger partial charge in [0.15, 0.2) is 0 Å². The van der Waals surface area contributed by atoms with E-state index in [9.17, 15) is 20.2 Å². The average Bonchev–Trinajstić information content (AvgIpc) is 2.95. The number of aromatic nitrogens is 2. The summed E-state index contributed by atoms with van der Waals surface area (Å²) in [5.74, 6) is 0.303. The summed E-state index contributed by atoms with van der Waals surface area (Å²) >= 11 is 0. The molecule has 194 valence electrons. The van der Waals surface area contributed by atoms with Gasteiger partial charge in [-0.1, -0.05) is 24.3 Å². The summed E-state index contributed by atoms with van der Waals surface area (Å²) in [4.78, 5) is 37.6. The van der Waals surface area contributed by atoms with E-state index in [2.05, 4.69) is 20.3 Å². The second-order valence-electron chi connectivity index (χ2n) is 8.96. The van der Waals surface area contributed by atoms with Crippen molar-refractivity contribution in [1.82, 2.24) is 9.97 Å². The Bertz CT molecular complexity index is 1580. The van der Waals surface area contributed by atoms with Crippen LogP contribution in [-0.2, 0) is 5.54 Å². The molecule has 1 aliphatic rings. The molecule has 0 atom stereocenters. The molecule has 4 aromatic rings. The number of aliphatic imine (C=N–C) groups is 1. The lowest BCUT2D eigenvalue weighted by atomic mass is 9.81. The Balaban J connectivity index is 1.80. The van der Waals surface area contributed by atoms with Gasteiger partial charge in [-0.2, -0.15) is 0 Å². The van der Waals surface area contributed by atoms with E-state index in [-0.39, 0.29) is 11.4 Å². The molecule has 1 N–H and O–H groups in total. The molecular weight excluding hydrogens is 498 g/mol. The van der Waals surface area contributed by atoms with Gasteiger partial charge in [0.2, 0.25) is 5.96 Å². The number of guanidine groups is 1. The maximum Gasteiger partial charge on any atom is 0.271 e. The van der Waals surface area contributed by atoms with E-state index in [4.69, 9.17) is 0 Å². The van der Waals surface area contributed by atoms with Gasteiger partial charge in [0.05, 0.1) is 21.2 Å². The van der Waals surface area contributed by atoms with Crippen molar-refractivity contribution < 1.29 is 9.85 Å². The number of nitro benzene ring substituents is 2. The summed E-state index contributed by atoms with van der Waals surface area (Å²) < 4.78 is 0. The Morgan fingerprint density at radius 3 is 1.97 bits per heavy atom. The maximum atomic E-state index is 11.8. The molecule has 0 amide bonds. The molecule has 0 unspecified atom stereocenters. The van der Waals surface area contributed by atoms with Gasteiger partial charge in [0, 0.05) is 66.4 Å². The van der Waals surface area contributed by atoms with Gasteiger partial charge in [-0.25, -0.2) is 4.99 Å². The number of hydrogen-bond acceptors (Lipinski definition) is 9. The van der Waals surface area contributed by atoms with Crippen molar-refractivity contribution in [2.45, 2.75) is 19.4 Å². The minimum absolute atomic E-state index is 0.0843. The van der Waals surface area contributed by atoms with Crippen molar-refractivity contribution in [2.75, 3.05) is 10.2 Å². The molecular formula is C28H23N7O4. The van der Waals surface area contributed by atoms with Crippen LogP contribution < -0.4 is 10.2 Å². The van der Waals surface area contributed by atoms with Gasteiger partial charge >= 0.3 is 0 Å². The number of benzene rings is 2. The largest absolute Gasteiger partial charge is 0.325 e. The van der Waals surface area contributed by atoms with E-state index in [1.54, 1.807) is 43.1 Å². The molecule has 39 heavy (non-hydrogen) atoms. The van der Waals surface area contributed by atoms with Crippen molar-refractivity contribution in [2.24, 2.45) is 4.99 Å². The lowest BCUT2D eigenvalue weighted by Gasteiger charge is -2.46. The highest BCUT2D eigenvalue weighted by molar-refractivity contribution is 6.09. The molecule has 0 saturated heterocycles.